The predicted octanol–water partition coefficient (Wildman–Crippen LogP) is 2.54. The van der Waals surface area contributed by atoms with Gasteiger partial charge in [-0.05, 0) is 50.4 Å². The molecule has 3 rings (SSSR count). The molecule has 19 heavy (non-hydrogen) atoms. The van der Waals surface area contributed by atoms with Crippen LogP contribution >= 0.6 is 0 Å². The molecule has 0 radical (unpaired) electrons. The maximum Gasteiger partial charge on any atom is 0.230 e. The Kier molecular flexibility index (Phi) is 3.84. The number of carbonyl (C=O) groups excluding carboxylic acids is 1. The first kappa shape index (κ1) is 13.4. The minimum atomic E-state index is -0.206. The summed E-state index contributed by atoms with van der Waals surface area (Å²) in [6.07, 6.45) is 11.0. The Morgan fingerprint density at radius 1 is 1.00 bits per heavy atom. The van der Waals surface area contributed by atoms with Gasteiger partial charge in [-0.2, -0.15) is 0 Å². The highest BCUT2D eigenvalue weighted by atomic mass is 16.2. The minimum Gasteiger partial charge on any atom is -0.342 e. The maximum atomic E-state index is 13.0. The van der Waals surface area contributed by atoms with Crippen LogP contribution in [0.4, 0.5) is 0 Å². The summed E-state index contributed by atoms with van der Waals surface area (Å²) in [5, 5.41) is 0. The Morgan fingerprint density at radius 2 is 1.53 bits per heavy atom. The fourth-order valence-corrected chi connectivity index (χ4v) is 3.53. The van der Waals surface area contributed by atoms with Gasteiger partial charge in [0, 0.05) is 19.6 Å². The second kappa shape index (κ2) is 5.43. The first-order valence-electron chi connectivity index (χ1n) is 8.23. The lowest BCUT2D eigenvalue weighted by Gasteiger charge is -2.39. The van der Waals surface area contributed by atoms with Gasteiger partial charge < -0.3 is 10.6 Å². The number of nitrogens with zero attached hydrogens (tertiary/aromatic N) is 1. The van der Waals surface area contributed by atoms with Crippen LogP contribution in [0.1, 0.15) is 57.8 Å². The smallest absolute Gasteiger partial charge is 0.230 e. The van der Waals surface area contributed by atoms with E-state index in [1.54, 1.807) is 0 Å². The third kappa shape index (κ3) is 3.13. The molecule has 3 fully saturated rings. The van der Waals surface area contributed by atoms with Crippen LogP contribution in [-0.4, -0.2) is 30.4 Å². The molecule has 1 amide bonds. The van der Waals surface area contributed by atoms with Gasteiger partial charge in [0.15, 0.2) is 0 Å². The molecule has 108 valence electrons. The Morgan fingerprint density at radius 3 is 1.95 bits per heavy atom. The predicted molar refractivity (Wildman–Crippen MR) is 76.6 cm³/mol. The molecule has 3 saturated carbocycles. The number of hydrogen-bond acceptors (Lipinski definition) is 2. The van der Waals surface area contributed by atoms with Crippen molar-refractivity contribution < 1.29 is 4.79 Å². The maximum absolute atomic E-state index is 13.0. The van der Waals surface area contributed by atoms with Crippen molar-refractivity contribution in [2.75, 3.05) is 19.6 Å². The Hall–Kier alpha value is -0.570. The molecule has 0 saturated heterocycles. The summed E-state index contributed by atoms with van der Waals surface area (Å²) in [7, 11) is 0. The summed E-state index contributed by atoms with van der Waals surface area (Å²) in [5.74, 6) is 1.98. The van der Waals surface area contributed by atoms with Crippen molar-refractivity contribution in [1.82, 2.24) is 4.90 Å². The third-order valence-corrected chi connectivity index (χ3v) is 5.29. The number of nitrogens with two attached hydrogens (primary N) is 1. The molecular formula is C16H28N2O. The van der Waals surface area contributed by atoms with Gasteiger partial charge in [0.05, 0.1) is 5.41 Å². The molecule has 0 heterocycles. The molecule has 0 bridgehead atoms. The minimum absolute atomic E-state index is 0.206. The van der Waals surface area contributed by atoms with Crippen LogP contribution in [0.15, 0.2) is 0 Å². The SMILES string of the molecule is NCC1(C(=O)N(CC2CC2)CC2CC2)CCCCC1. The molecule has 0 spiro atoms. The fraction of sp³-hybridized carbons (Fsp3) is 0.938. The van der Waals surface area contributed by atoms with Gasteiger partial charge in [0.25, 0.3) is 0 Å². The molecule has 0 aromatic rings. The highest BCUT2D eigenvalue weighted by Gasteiger charge is 2.43. The highest BCUT2D eigenvalue weighted by Crippen LogP contribution is 2.40. The van der Waals surface area contributed by atoms with Crippen molar-refractivity contribution in [3.05, 3.63) is 0 Å². The number of rotatable bonds is 6. The zero-order valence-electron chi connectivity index (χ0n) is 12.1. The Balaban J connectivity index is 1.68. The molecule has 0 unspecified atom stereocenters. The lowest BCUT2D eigenvalue weighted by atomic mass is 9.73. The quantitative estimate of drug-likeness (QED) is 0.801. The van der Waals surface area contributed by atoms with Gasteiger partial charge in [0.2, 0.25) is 5.91 Å². The zero-order chi connectivity index (χ0) is 13.3. The van der Waals surface area contributed by atoms with Gasteiger partial charge in [0.1, 0.15) is 0 Å². The van der Waals surface area contributed by atoms with Crippen LogP contribution in [0.2, 0.25) is 0 Å². The van der Waals surface area contributed by atoms with Crippen LogP contribution < -0.4 is 5.73 Å². The summed E-state index contributed by atoms with van der Waals surface area (Å²) in [6.45, 7) is 2.58. The standard InChI is InChI=1S/C16H28N2O/c17-12-16(8-2-1-3-9-16)15(19)18(10-13-4-5-13)11-14-6-7-14/h13-14H,1-12,17H2. The van der Waals surface area contributed by atoms with Crippen molar-refractivity contribution in [3.63, 3.8) is 0 Å². The third-order valence-electron chi connectivity index (χ3n) is 5.29. The van der Waals surface area contributed by atoms with E-state index in [2.05, 4.69) is 4.90 Å². The number of amides is 1. The zero-order valence-corrected chi connectivity index (χ0v) is 12.1. The lowest BCUT2D eigenvalue weighted by molar-refractivity contribution is -0.144. The van der Waals surface area contributed by atoms with Crippen molar-refractivity contribution in [3.8, 4) is 0 Å². The molecular weight excluding hydrogens is 236 g/mol. The molecule has 0 atom stereocenters. The van der Waals surface area contributed by atoms with E-state index in [0.29, 0.717) is 12.5 Å². The summed E-state index contributed by atoms with van der Waals surface area (Å²) in [5.41, 5.74) is 5.82. The molecule has 0 aromatic heterocycles. The van der Waals surface area contributed by atoms with Crippen LogP contribution in [0.3, 0.4) is 0 Å². The van der Waals surface area contributed by atoms with Gasteiger partial charge in [-0.3, -0.25) is 4.79 Å². The molecule has 3 aliphatic carbocycles. The Bertz CT molecular complexity index is 314. The number of carbonyl (C=O) groups is 1. The highest BCUT2D eigenvalue weighted by molar-refractivity contribution is 5.83. The average molecular weight is 264 g/mol. The first-order valence-corrected chi connectivity index (χ1v) is 8.23. The summed E-state index contributed by atoms with van der Waals surface area (Å²) in [6, 6.07) is 0. The normalized spacial score (nSPS) is 26.2. The van der Waals surface area contributed by atoms with Crippen LogP contribution in [0, 0.1) is 17.3 Å². The fourth-order valence-electron chi connectivity index (χ4n) is 3.53. The lowest BCUT2D eigenvalue weighted by Crippen LogP contribution is -2.50. The van der Waals surface area contributed by atoms with Gasteiger partial charge >= 0.3 is 0 Å². The van der Waals surface area contributed by atoms with E-state index in [1.165, 1.54) is 44.9 Å². The van der Waals surface area contributed by atoms with Gasteiger partial charge in [-0.1, -0.05) is 19.3 Å². The van der Waals surface area contributed by atoms with E-state index in [-0.39, 0.29) is 5.41 Å². The monoisotopic (exact) mass is 264 g/mol. The van der Waals surface area contributed by atoms with E-state index in [0.717, 1.165) is 37.8 Å². The second-order valence-electron chi connectivity index (χ2n) is 7.14. The molecule has 3 nitrogen and oxygen atoms in total. The second-order valence-corrected chi connectivity index (χ2v) is 7.14. The molecule has 0 aromatic carbocycles. The van der Waals surface area contributed by atoms with Gasteiger partial charge in [-0.15, -0.1) is 0 Å². The van der Waals surface area contributed by atoms with Crippen LogP contribution in [0.5, 0.6) is 0 Å². The largest absolute Gasteiger partial charge is 0.342 e. The number of hydrogen-bond donors (Lipinski definition) is 1. The van der Waals surface area contributed by atoms with Crippen molar-refractivity contribution in [2.24, 2.45) is 23.0 Å². The summed E-state index contributed by atoms with van der Waals surface area (Å²) >= 11 is 0. The van der Waals surface area contributed by atoms with E-state index < -0.39 is 0 Å². The Labute approximate surface area is 116 Å². The molecule has 2 N–H and O–H groups in total. The van der Waals surface area contributed by atoms with Crippen LogP contribution in [-0.2, 0) is 4.79 Å². The molecule has 3 heteroatoms. The van der Waals surface area contributed by atoms with Crippen molar-refractivity contribution >= 4 is 5.91 Å². The first-order chi connectivity index (χ1) is 9.23. The van der Waals surface area contributed by atoms with Crippen molar-refractivity contribution in [2.45, 2.75) is 57.8 Å². The average Bonchev–Trinajstić information content (AvgIpc) is 3.33. The molecule has 0 aliphatic heterocycles. The van der Waals surface area contributed by atoms with Gasteiger partial charge in [-0.25, -0.2) is 0 Å². The van der Waals surface area contributed by atoms with E-state index in [4.69, 9.17) is 5.73 Å². The van der Waals surface area contributed by atoms with Crippen LogP contribution in [0.25, 0.3) is 0 Å². The summed E-state index contributed by atoms with van der Waals surface area (Å²) < 4.78 is 0. The van der Waals surface area contributed by atoms with E-state index >= 15 is 0 Å². The summed E-state index contributed by atoms with van der Waals surface area (Å²) in [4.78, 5) is 15.2. The van der Waals surface area contributed by atoms with Crippen molar-refractivity contribution in [1.29, 1.82) is 0 Å². The topological polar surface area (TPSA) is 46.3 Å². The van der Waals surface area contributed by atoms with E-state index in [1.807, 2.05) is 0 Å². The van der Waals surface area contributed by atoms with E-state index in [9.17, 15) is 4.79 Å². The molecule has 3 aliphatic rings.